The Bertz CT molecular complexity index is 4290. The summed E-state index contributed by atoms with van der Waals surface area (Å²) in [6.45, 7) is 0. The monoisotopic (exact) mass is 963 g/mol. The molecular weight excluding hydrogens is 931 g/mol. The molecule has 0 aliphatic carbocycles. The summed E-state index contributed by atoms with van der Waals surface area (Å²) >= 11 is 0. The van der Waals surface area contributed by atoms with Crippen molar-refractivity contribution >= 4 is 43.6 Å². The number of nitrogens with zero attached hydrogens (tertiary/aromatic N) is 9. The Morgan fingerprint density at radius 1 is 0.250 bits per heavy atom. The molecule has 2 heterocycles. The first kappa shape index (κ1) is 45.4. The molecule has 0 atom stereocenters. The lowest BCUT2D eigenvalue weighted by atomic mass is 9.96. The third kappa shape index (κ3) is 7.34. The van der Waals surface area contributed by atoms with E-state index < -0.39 is 0 Å². The molecule has 0 saturated carbocycles. The van der Waals surface area contributed by atoms with Crippen LogP contribution < -0.4 is 0 Å². The maximum Gasteiger partial charge on any atom is 0.104 e. The molecule has 9 heteroatoms. The molecule has 0 saturated heterocycles. The van der Waals surface area contributed by atoms with Gasteiger partial charge in [-0.2, -0.15) is 36.8 Å². The van der Waals surface area contributed by atoms with Gasteiger partial charge in [0.2, 0.25) is 0 Å². The summed E-state index contributed by atoms with van der Waals surface area (Å²) in [4.78, 5) is 0. The zero-order valence-corrected chi connectivity index (χ0v) is 40.1. The zero-order valence-electron chi connectivity index (χ0n) is 40.1. The van der Waals surface area contributed by atoms with E-state index >= 15 is 0 Å². The Hall–Kier alpha value is -11.8. The Morgan fingerprint density at radius 3 is 0.816 bits per heavy atom. The van der Waals surface area contributed by atoms with E-state index in [1.54, 1.807) is 42.5 Å². The van der Waals surface area contributed by atoms with Gasteiger partial charge < -0.3 is 9.13 Å². The van der Waals surface area contributed by atoms with Crippen LogP contribution >= 0.6 is 0 Å². The molecule has 76 heavy (non-hydrogen) atoms. The first-order chi connectivity index (χ1) is 37.4. The van der Waals surface area contributed by atoms with Gasteiger partial charge in [0.15, 0.2) is 0 Å². The third-order valence-electron chi connectivity index (χ3n) is 14.2. The fraction of sp³-hybridized carbons (Fsp3) is 0. The summed E-state index contributed by atoms with van der Waals surface area (Å²) < 4.78 is 4.13. The van der Waals surface area contributed by atoms with Gasteiger partial charge in [0.05, 0.1) is 103 Å². The van der Waals surface area contributed by atoms with Gasteiger partial charge in [-0.3, -0.25) is 0 Å². The van der Waals surface area contributed by atoms with E-state index in [1.165, 1.54) is 0 Å². The van der Waals surface area contributed by atoms with Crippen molar-refractivity contribution in [1.29, 1.82) is 36.8 Å². The summed E-state index contributed by atoms with van der Waals surface area (Å²) in [5.74, 6) is 0. The van der Waals surface area contributed by atoms with Gasteiger partial charge in [-0.1, -0.05) is 97.1 Å². The Balaban J connectivity index is 1.21. The average Bonchev–Trinajstić information content (AvgIpc) is 4.09. The highest BCUT2D eigenvalue weighted by molar-refractivity contribution is 6.14. The predicted octanol–water partition coefficient (Wildman–Crippen LogP) is 15.3. The lowest BCUT2D eigenvalue weighted by molar-refractivity contribution is 1.12. The summed E-state index contributed by atoms with van der Waals surface area (Å²) in [6, 6.07) is 79.3. The smallest absolute Gasteiger partial charge is 0.104 e. The summed E-state index contributed by atoms with van der Waals surface area (Å²) in [6.07, 6.45) is 0. The Morgan fingerprint density at radius 2 is 0.539 bits per heavy atom. The molecule has 0 spiro atoms. The van der Waals surface area contributed by atoms with Crippen LogP contribution in [0.4, 0.5) is 0 Å². The molecule has 12 rings (SSSR count). The second kappa shape index (κ2) is 18.4. The van der Waals surface area contributed by atoms with Crippen LogP contribution in [-0.4, -0.2) is 9.13 Å². The molecule has 0 amide bonds. The molecule has 9 nitrogen and oxygen atoms in total. The second-order valence-corrected chi connectivity index (χ2v) is 18.3. The van der Waals surface area contributed by atoms with Crippen LogP contribution in [0.2, 0.25) is 0 Å². The van der Waals surface area contributed by atoms with Crippen molar-refractivity contribution in [3.63, 3.8) is 0 Å². The molecule has 0 radical (unpaired) electrons. The van der Waals surface area contributed by atoms with Crippen LogP contribution in [0.15, 0.2) is 200 Å². The van der Waals surface area contributed by atoms with Crippen molar-refractivity contribution in [2.75, 3.05) is 0 Å². The van der Waals surface area contributed by atoms with Gasteiger partial charge in [0, 0.05) is 21.5 Å². The first-order valence-corrected chi connectivity index (χ1v) is 24.1. The maximum absolute atomic E-state index is 11.8. The predicted molar refractivity (Wildman–Crippen MR) is 295 cm³/mol. The largest absolute Gasteiger partial charge is 0.308 e. The molecule has 2 aromatic heterocycles. The van der Waals surface area contributed by atoms with E-state index in [4.69, 9.17) is 0 Å². The van der Waals surface area contributed by atoms with Crippen molar-refractivity contribution in [1.82, 2.24) is 9.13 Å². The quantitative estimate of drug-likeness (QED) is 0.153. The fourth-order valence-electron chi connectivity index (χ4n) is 10.7. The first-order valence-electron chi connectivity index (χ1n) is 24.1. The summed E-state index contributed by atoms with van der Waals surface area (Å²) in [7, 11) is 0. The highest BCUT2D eigenvalue weighted by Crippen LogP contribution is 2.44. The second-order valence-electron chi connectivity index (χ2n) is 18.3. The minimum Gasteiger partial charge on any atom is -0.308 e. The Labute approximate surface area is 436 Å². The highest BCUT2D eigenvalue weighted by atomic mass is 15.0. The normalized spacial score (nSPS) is 10.8. The molecule has 0 aliphatic heterocycles. The van der Waals surface area contributed by atoms with E-state index in [9.17, 15) is 36.8 Å². The van der Waals surface area contributed by atoms with E-state index in [0.717, 1.165) is 88.1 Å². The molecule has 0 fully saturated rings. The highest BCUT2D eigenvalue weighted by Gasteiger charge is 2.25. The molecular formula is C67H33N9. The van der Waals surface area contributed by atoms with Gasteiger partial charge >= 0.3 is 0 Å². The SMILES string of the molecule is N#Cc1cc(C#N)cc(-c2cc(-n3c4ccc(-c5ccccc5C#N)cc4c4cc(-c5ccccc5C#N)ccc43)c(C#N)c(-n3c4ccc(-c5ccccc5C#N)cc4c4cc(-c5ccccc5C#N)ccc43)c2)c1. The van der Waals surface area contributed by atoms with E-state index in [0.29, 0.717) is 61.4 Å². The van der Waals surface area contributed by atoms with Crippen molar-refractivity contribution in [2.45, 2.75) is 0 Å². The van der Waals surface area contributed by atoms with Crippen LogP contribution in [0.5, 0.6) is 0 Å². The van der Waals surface area contributed by atoms with Gasteiger partial charge in [-0.15, -0.1) is 0 Å². The minimum absolute atomic E-state index is 0.293. The van der Waals surface area contributed by atoms with Crippen molar-refractivity contribution in [3.8, 4) is 109 Å². The molecule has 12 aromatic rings. The lowest BCUT2D eigenvalue weighted by Gasteiger charge is -2.19. The number of rotatable bonds is 7. The fourth-order valence-corrected chi connectivity index (χ4v) is 10.7. The van der Waals surface area contributed by atoms with E-state index in [1.807, 2.05) is 133 Å². The standard InChI is InChI=1S/C67H33N9/c68-34-41-25-42(35-69)27-51(26-41)52-32-66(75-62-21-17-43(53-13-5-1-9-47(53)36-70)28-57(62)58-29-44(18-22-63(58)75)54-14-6-2-10-48(54)37-71)61(40-74)67(33-52)76-64-23-19-45(55-15-7-3-11-49(55)38-72)30-59(64)60-31-46(20-24-65(60)76)56-16-8-4-12-50(56)39-73/h1-33H. The van der Waals surface area contributed by atoms with Crippen molar-refractivity contribution in [2.24, 2.45) is 0 Å². The topological polar surface area (TPSA) is 176 Å². The molecule has 0 bridgehead atoms. The maximum atomic E-state index is 11.8. The number of hydrogen-bond acceptors (Lipinski definition) is 7. The third-order valence-corrected chi connectivity index (χ3v) is 14.2. The van der Waals surface area contributed by atoms with Crippen LogP contribution in [-0.2, 0) is 0 Å². The average molecular weight is 964 g/mol. The van der Waals surface area contributed by atoms with E-state index in [-0.39, 0.29) is 0 Å². The number of fused-ring (bicyclic) bond motifs is 6. The van der Waals surface area contributed by atoms with Crippen LogP contribution in [0, 0.1) is 79.3 Å². The van der Waals surface area contributed by atoms with Crippen molar-refractivity contribution < 1.29 is 0 Å². The summed E-state index contributed by atoms with van der Waals surface area (Å²) in [5.41, 5.74) is 14.5. The number of nitriles is 7. The van der Waals surface area contributed by atoms with E-state index in [2.05, 4.69) is 75.9 Å². The van der Waals surface area contributed by atoms with Crippen LogP contribution in [0.25, 0.3) is 111 Å². The Kier molecular flexibility index (Phi) is 11.0. The molecule has 0 unspecified atom stereocenters. The number of benzene rings is 10. The molecule has 346 valence electrons. The molecule has 0 aliphatic rings. The minimum atomic E-state index is 0.293. The zero-order chi connectivity index (χ0) is 52.0. The lowest BCUT2D eigenvalue weighted by Crippen LogP contribution is -2.05. The number of hydrogen-bond donors (Lipinski definition) is 0. The van der Waals surface area contributed by atoms with Gasteiger partial charge in [0.1, 0.15) is 11.6 Å². The van der Waals surface area contributed by atoms with Gasteiger partial charge in [0.25, 0.3) is 0 Å². The molecule has 0 N–H and O–H groups in total. The van der Waals surface area contributed by atoms with Gasteiger partial charge in [-0.25, -0.2) is 0 Å². The van der Waals surface area contributed by atoms with Crippen molar-refractivity contribution in [3.05, 3.63) is 239 Å². The van der Waals surface area contributed by atoms with Crippen LogP contribution in [0.3, 0.4) is 0 Å². The molecule has 10 aromatic carbocycles. The van der Waals surface area contributed by atoms with Crippen LogP contribution in [0.1, 0.15) is 38.9 Å². The van der Waals surface area contributed by atoms with Gasteiger partial charge in [-0.05, 0) is 159 Å². The summed E-state index contributed by atoms with van der Waals surface area (Å²) in [5, 5.41) is 76.5. The number of aromatic nitrogens is 2.